The van der Waals surface area contributed by atoms with Crippen molar-refractivity contribution in [1.29, 1.82) is 0 Å². The number of hydrogen-bond donors (Lipinski definition) is 2. The van der Waals surface area contributed by atoms with Gasteiger partial charge in [0.2, 0.25) is 5.95 Å². The van der Waals surface area contributed by atoms with Crippen LogP contribution in [0.4, 0.5) is 20.4 Å². The van der Waals surface area contributed by atoms with Gasteiger partial charge in [-0.15, -0.1) is 0 Å². The van der Waals surface area contributed by atoms with Crippen molar-refractivity contribution >= 4 is 35.2 Å². The molecule has 1 aromatic heterocycles. The molecule has 1 aromatic carbocycles. The zero-order chi connectivity index (χ0) is 18.2. The highest BCUT2D eigenvalue weighted by Crippen LogP contribution is 2.30. The van der Waals surface area contributed by atoms with Crippen LogP contribution >= 0.6 is 11.6 Å². The summed E-state index contributed by atoms with van der Waals surface area (Å²) in [5.74, 6) is 5.75. The zero-order valence-electron chi connectivity index (χ0n) is 13.5. The first-order valence-corrected chi connectivity index (χ1v) is 7.84. The summed E-state index contributed by atoms with van der Waals surface area (Å²) in [5, 5.41) is 6.55. The number of aryl methyl sites for hydroxylation is 1. The highest BCUT2D eigenvalue weighted by atomic mass is 35.5. The van der Waals surface area contributed by atoms with Crippen LogP contribution in [0.25, 0.3) is 0 Å². The normalized spacial score (nSPS) is 12.1. The van der Waals surface area contributed by atoms with Crippen molar-refractivity contribution in [3.8, 4) is 0 Å². The highest BCUT2D eigenvalue weighted by molar-refractivity contribution is 6.32. The largest absolute Gasteiger partial charge is 0.348 e. The number of rotatable bonds is 7. The minimum Gasteiger partial charge on any atom is -0.348 e. The Morgan fingerprint density at radius 1 is 1.36 bits per heavy atom. The molecule has 0 fully saturated rings. The quantitative estimate of drug-likeness (QED) is 0.443. The fourth-order valence-electron chi connectivity index (χ4n) is 1.85. The van der Waals surface area contributed by atoms with Crippen LogP contribution in [0.5, 0.6) is 0 Å². The molecule has 1 heterocycles. The summed E-state index contributed by atoms with van der Waals surface area (Å²) in [7, 11) is 0. The molecule has 0 aliphatic rings. The van der Waals surface area contributed by atoms with Gasteiger partial charge in [0.05, 0.1) is 24.2 Å². The molecule has 0 atom stereocenters. The third-order valence-corrected chi connectivity index (χ3v) is 3.63. The van der Waals surface area contributed by atoms with Crippen LogP contribution in [0.3, 0.4) is 0 Å². The second kappa shape index (κ2) is 9.03. The monoisotopic (exact) mass is 366 g/mol. The van der Waals surface area contributed by atoms with Gasteiger partial charge in [-0.2, -0.15) is 5.10 Å². The number of alkyl halides is 2. The van der Waals surface area contributed by atoms with Crippen molar-refractivity contribution in [2.45, 2.75) is 19.8 Å². The Balaban J connectivity index is 2.01. The highest BCUT2D eigenvalue weighted by Gasteiger charge is 2.12. The van der Waals surface area contributed by atoms with E-state index in [-0.39, 0.29) is 17.1 Å². The lowest BCUT2D eigenvalue weighted by atomic mass is 10.2. The predicted octanol–water partition coefficient (Wildman–Crippen LogP) is 3.76. The zero-order valence-corrected chi connectivity index (χ0v) is 14.2. The molecule has 0 aliphatic heterocycles. The van der Waals surface area contributed by atoms with E-state index in [4.69, 9.17) is 17.4 Å². The summed E-state index contributed by atoms with van der Waals surface area (Å²) in [6, 6.07) is 4.12. The second-order valence-electron chi connectivity index (χ2n) is 5.01. The average molecular weight is 367 g/mol. The van der Waals surface area contributed by atoms with Crippen molar-refractivity contribution in [1.82, 2.24) is 9.97 Å². The lowest BCUT2D eigenvalue weighted by Crippen LogP contribution is -2.18. The number of aliphatic imine (C=N–C) groups is 1. The van der Waals surface area contributed by atoms with Crippen molar-refractivity contribution in [2.24, 2.45) is 15.9 Å². The molecule has 6 nitrogen and oxygen atoms in total. The molecule has 9 heteroatoms. The van der Waals surface area contributed by atoms with Crippen molar-refractivity contribution in [3.63, 3.8) is 0 Å². The number of halogens is 3. The van der Waals surface area contributed by atoms with Crippen LogP contribution in [-0.4, -0.2) is 28.4 Å². The summed E-state index contributed by atoms with van der Waals surface area (Å²) in [6.45, 7) is 2.25. The van der Waals surface area contributed by atoms with Gasteiger partial charge in [0.1, 0.15) is 0 Å². The maximum absolute atomic E-state index is 12.8. The van der Waals surface area contributed by atoms with E-state index in [0.29, 0.717) is 17.3 Å². The van der Waals surface area contributed by atoms with E-state index in [9.17, 15) is 8.78 Å². The van der Waals surface area contributed by atoms with Crippen molar-refractivity contribution in [2.75, 3.05) is 11.9 Å². The summed E-state index contributed by atoms with van der Waals surface area (Å²) >= 11 is 5.72. The summed E-state index contributed by atoms with van der Waals surface area (Å²) < 4.78 is 25.7. The third kappa shape index (κ3) is 5.46. The predicted molar refractivity (Wildman–Crippen MR) is 96.1 cm³/mol. The smallest absolute Gasteiger partial charge is 0.265 e. The topological polar surface area (TPSA) is 88.5 Å². The molecular weight excluding hydrogens is 350 g/mol. The number of hydrazone groups is 1. The maximum Gasteiger partial charge on any atom is 0.265 e. The molecule has 2 rings (SSSR count). The molecule has 0 saturated heterocycles. The van der Waals surface area contributed by atoms with E-state index in [1.165, 1.54) is 24.4 Å². The van der Waals surface area contributed by atoms with Gasteiger partial charge in [0.15, 0.2) is 0 Å². The molecular formula is C16H17ClF2N6. The standard InChI is InChI=1S/C16H17ClF2N6/c1-2-10-6-22-16(23-7-10)24-9-12(25-20)8-21-11-3-4-14(17)13(5-11)15(18)19/h3-8,15H,2,9,20H2,1H3,(H,22,23,24). The molecule has 2 aromatic rings. The van der Waals surface area contributed by atoms with E-state index in [1.54, 1.807) is 12.4 Å². The van der Waals surface area contributed by atoms with Crippen LogP contribution in [-0.2, 0) is 6.42 Å². The van der Waals surface area contributed by atoms with E-state index in [2.05, 4.69) is 25.4 Å². The lowest BCUT2D eigenvalue weighted by molar-refractivity contribution is 0.151. The van der Waals surface area contributed by atoms with Crippen molar-refractivity contribution < 1.29 is 8.78 Å². The first-order chi connectivity index (χ1) is 12.0. The first kappa shape index (κ1) is 18.7. The molecule has 0 saturated carbocycles. The molecule has 25 heavy (non-hydrogen) atoms. The van der Waals surface area contributed by atoms with Crippen molar-refractivity contribution in [3.05, 3.63) is 46.7 Å². The molecule has 0 aliphatic carbocycles. The van der Waals surface area contributed by atoms with Gasteiger partial charge in [0, 0.05) is 23.0 Å². The second-order valence-corrected chi connectivity index (χ2v) is 5.41. The fourth-order valence-corrected chi connectivity index (χ4v) is 2.05. The number of nitrogens with two attached hydrogens (primary N) is 1. The van der Waals surface area contributed by atoms with E-state index in [0.717, 1.165) is 12.0 Å². The van der Waals surface area contributed by atoms with E-state index in [1.807, 2.05) is 6.92 Å². The lowest BCUT2D eigenvalue weighted by Gasteiger charge is -2.05. The van der Waals surface area contributed by atoms with Crippen LogP contribution in [0.15, 0.2) is 40.7 Å². The molecule has 0 spiro atoms. The number of anilines is 1. The van der Waals surface area contributed by atoms with Crippen LogP contribution in [0.1, 0.15) is 24.5 Å². The van der Waals surface area contributed by atoms with Gasteiger partial charge in [-0.3, -0.25) is 4.99 Å². The Morgan fingerprint density at radius 2 is 2.08 bits per heavy atom. The Kier molecular flexibility index (Phi) is 6.76. The van der Waals surface area contributed by atoms with Gasteiger partial charge in [-0.1, -0.05) is 18.5 Å². The third-order valence-electron chi connectivity index (χ3n) is 3.28. The summed E-state index contributed by atoms with van der Waals surface area (Å²) in [5.41, 5.74) is 1.48. The Labute approximate surface area is 148 Å². The van der Waals surface area contributed by atoms with E-state index >= 15 is 0 Å². The molecule has 0 radical (unpaired) electrons. The number of benzene rings is 1. The number of nitrogens with one attached hydrogen (secondary N) is 1. The minimum atomic E-state index is -2.67. The number of aromatic nitrogens is 2. The maximum atomic E-state index is 12.8. The number of nitrogens with zero attached hydrogens (tertiary/aromatic N) is 4. The summed E-state index contributed by atoms with van der Waals surface area (Å²) in [6.07, 6.45) is 3.01. The minimum absolute atomic E-state index is 0.00370. The molecule has 3 N–H and O–H groups in total. The Morgan fingerprint density at radius 3 is 2.68 bits per heavy atom. The molecule has 0 amide bonds. The van der Waals surface area contributed by atoms with Gasteiger partial charge < -0.3 is 11.2 Å². The van der Waals surface area contributed by atoms with Gasteiger partial charge in [-0.05, 0) is 30.2 Å². The molecule has 0 unspecified atom stereocenters. The van der Waals surface area contributed by atoms with Crippen LogP contribution < -0.4 is 11.2 Å². The van der Waals surface area contributed by atoms with Gasteiger partial charge in [0.25, 0.3) is 6.43 Å². The fraction of sp³-hybridized carbons (Fsp3) is 0.250. The Bertz CT molecular complexity index is 762. The van der Waals surface area contributed by atoms with E-state index < -0.39 is 6.43 Å². The van der Waals surface area contributed by atoms with Gasteiger partial charge >= 0.3 is 0 Å². The van der Waals surface area contributed by atoms with Gasteiger partial charge in [-0.25, -0.2) is 18.7 Å². The Hall–Kier alpha value is -2.61. The van der Waals surface area contributed by atoms with Crippen LogP contribution in [0, 0.1) is 0 Å². The first-order valence-electron chi connectivity index (χ1n) is 7.46. The number of hydrogen-bond acceptors (Lipinski definition) is 6. The average Bonchev–Trinajstić information content (AvgIpc) is 2.63. The van der Waals surface area contributed by atoms with Crippen LogP contribution in [0.2, 0.25) is 5.02 Å². The summed E-state index contributed by atoms with van der Waals surface area (Å²) in [4.78, 5) is 12.4. The SMILES string of the molecule is CCc1cnc(NCC(C=Nc2ccc(Cl)c(C(F)F)c2)=NN)nc1. The molecule has 0 bridgehead atoms. The molecule has 132 valence electrons.